The van der Waals surface area contributed by atoms with Crippen molar-refractivity contribution in [2.75, 3.05) is 0 Å². The number of aliphatic imine (C=N–C) groups is 1. The van der Waals surface area contributed by atoms with Gasteiger partial charge in [0.25, 0.3) is 0 Å². The first-order chi connectivity index (χ1) is 4.87. The molecule has 0 aliphatic carbocycles. The van der Waals surface area contributed by atoms with Gasteiger partial charge in [0.1, 0.15) is 5.67 Å². The Balaban J connectivity index is 0. The van der Waals surface area contributed by atoms with Gasteiger partial charge in [-0.3, -0.25) is 4.99 Å². The molecule has 0 saturated carbocycles. The molecule has 0 N–H and O–H groups in total. The molecule has 64 valence electrons. The Bertz CT molecular complexity index is 167. The average molecular weight is 199 g/mol. The summed E-state index contributed by atoms with van der Waals surface area (Å²) in [6, 6.07) is -1.14. The maximum absolute atomic E-state index is 12.8. The smallest absolute Gasteiger partial charge is 0.548 e. The second-order valence-electron chi connectivity index (χ2n) is 2.94. The minimum atomic E-state index is -1.55. The van der Waals surface area contributed by atoms with Crippen LogP contribution in [0.1, 0.15) is 20.3 Å². The van der Waals surface area contributed by atoms with Crippen LogP contribution in [-0.2, 0) is 4.79 Å². The van der Waals surface area contributed by atoms with Crippen LogP contribution in [-0.4, -0.2) is 24.4 Å². The van der Waals surface area contributed by atoms with Gasteiger partial charge in [0.2, 0.25) is 0 Å². The normalized spacial score (nSPS) is 12.9. The van der Waals surface area contributed by atoms with Gasteiger partial charge in [-0.1, -0.05) is 0 Å². The molecule has 0 aliphatic rings. The standard InChI is InChI=1S/C7H12FNO2.K/c1-7(2,8)4-5(9-3)6(10)11;/h5H,3-4H2,1-2H3,(H,10,11);/q;+1/p-1. The van der Waals surface area contributed by atoms with Crippen molar-refractivity contribution in [3.63, 3.8) is 0 Å². The van der Waals surface area contributed by atoms with E-state index in [2.05, 4.69) is 11.7 Å². The molecule has 0 spiro atoms. The number of carboxylic acids is 1. The summed E-state index contributed by atoms with van der Waals surface area (Å²) in [6.07, 6.45) is -0.196. The van der Waals surface area contributed by atoms with Crippen LogP contribution < -0.4 is 56.5 Å². The van der Waals surface area contributed by atoms with Gasteiger partial charge in [0, 0.05) is 6.42 Å². The van der Waals surface area contributed by atoms with E-state index in [1.807, 2.05) is 0 Å². The zero-order valence-corrected chi connectivity index (χ0v) is 10.8. The van der Waals surface area contributed by atoms with Crippen LogP contribution >= 0.6 is 0 Å². The quantitative estimate of drug-likeness (QED) is 0.357. The number of halogens is 1. The van der Waals surface area contributed by atoms with E-state index in [0.717, 1.165) is 0 Å². The van der Waals surface area contributed by atoms with E-state index in [4.69, 9.17) is 0 Å². The number of aliphatic carboxylic acids is 1. The monoisotopic (exact) mass is 199 g/mol. The maximum Gasteiger partial charge on any atom is 1.00 e. The summed E-state index contributed by atoms with van der Waals surface area (Å²) < 4.78 is 12.8. The van der Waals surface area contributed by atoms with Crippen molar-refractivity contribution >= 4 is 12.7 Å². The van der Waals surface area contributed by atoms with Gasteiger partial charge in [-0.15, -0.1) is 0 Å². The van der Waals surface area contributed by atoms with E-state index in [1.165, 1.54) is 13.8 Å². The van der Waals surface area contributed by atoms with Crippen LogP contribution in [0, 0.1) is 0 Å². The number of carboxylic acid groups (broad SMARTS) is 1. The van der Waals surface area contributed by atoms with Crippen LogP contribution in [0.4, 0.5) is 4.39 Å². The number of hydrogen-bond acceptors (Lipinski definition) is 3. The van der Waals surface area contributed by atoms with Crippen LogP contribution in [0.3, 0.4) is 0 Å². The molecule has 3 nitrogen and oxygen atoms in total. The van der Waals surface area contributed by atoms with E-state index in [0.29, 0.717) is 0 Å². The Labute approximate surface area is 114 Å². The van der Waals surface area contributed by atoms with Gasteiger partial charge >= 0.3 is 51.4 Å². The zero-order valence-electron chi connectivity index (χ0n) is 7.63. The summed E-state index contributed by atoms with van der Waals surface area (Å²) in [5, 5.41) is 10.2. The summed E-state index contributed by atoms with van der Waals surface area (Å²) in [5.41, 5.74) is -1.55. The van der Waals surface area contributed by atoms with E-state index in [-0.39, 0.29) is 57.8 Å². The third-order valence-corrected chi connectivity index (χ3v) is 1.17. The Kier molecular flexibility index (Phi) is 7.85. The van der Waals surface area contributed by atoms with Gasteiger partial charge in [-0.05, 0) is 20.6 Å². The summed E-state index contributed by atoms with van der Waals surface area (Å²) in [4.78, 5) is 13.4. The Morgan fingerprint density at radius 3 is 2.25 bits per heavy atom. The molecule has 0 aromatic heterocycles. The van der Waals surface area contributed by atoms with Gasteiger partial charge in [-0.2, -0.15) is 0 Å². The molecule has 0 heterocycles. The Hall–Kier alpha value is 0.706. The summed E-state index contributed by atoms with van der Waals surface area (Å²) in [5.74, 6) is -1.38. The number of alkyl halides is 1. The third-order valence-electron chi connectivity index (χ3n) is 1.17. The Morgan fingerprint density at radius 1 is 1.75 bits per heavy atom. The molecule has 0 aromatic rings. The molecule has 1 unspecified atom stereocenters. The molecule has 0 bridgehead atoms. The van der Waals surface area contributed by atoms with Gasteiger partial charge < -0.3 is 9.90 Å². The van der Waals surface area contributed by atoms with Crippen molar-refractivity contribution in [2.24, 2.45) is 4.99 Å². The molecule has 5 heteroatoms. The Morgan fingerprint density at radius 2 is 2.17 bits per heavy atom. The summed E-state index contributed by atoms with van der Waals surface area (Å²) >= 11 is 0. The van der Waals surface area contributed by atoms with E-state index < -0.39 is 17.7 Å². The molecular formula is C7H11FKNO2. The summed E-state index contributed by atoms with van der Waals surface area (Å²) in [7, 11) is 0. The number of carbonyl (C=O) groups is 1. The molecule has 0 fully saturated rings. The molecule has 0 aromatic carbocycles. The fourth-order valence-corrected chi connectivity index (χ4v) is 0.682. The first kappa shape index (κ1) is 15.2. The van der Waals surface area contributed by atoms with Crippen molar-refractivity contribution < 1.29 is 65.7 Å². The van der Waals surface area contributed by atoms with Gasteiger partial charge in [0.15, 0.2) is 0 Å². The van der Waals surface area contributed by atoms with E-state index in [1.54, 1.807) is 0 Å². The summed E-state index contributed by atoms with van der Waals surface area (Å²) in [6.45, 7) is 5.60. The zero-order chi connectivity index (χ0) is 9.07. The van der Waals surface area contributed by atoms with Crippen LogP contribution in [0.25, 0.3) is 0 Å². The van der Waals surface area contributed by atoms with Crippen molar-refractivity contribution in [3.8, 4) is 0 Å². The second-order valence-corrected chi connectivity index (χ2v) is 2.94. The average Bonchev–Trinajstić information content (AvgIpc) is 1.80. The first-order valence-electron chi connectivity index (χ1n) is 3.22. The molecule has 12 heavy (non-hydrogen) atoms. The SMILES string of the molecule is C=NC(CC(C)(C)F)C(=O)[O-].[K+]. The van der Waals surface area contributed by atoms with Crippen molar-refractivity contribution in [1.82, 2.24) is 0 Å². The van der Waals surface area contributed by atoms with Crippen LogP contribution in [0.15, 0.2) is 4.99 Å². The molecule has 0 aliphatic heterocycles. The topological polar surface area (TPSA) is 52.5 Å². The largest absolute Gasteiger partial charge is 1.00 e. The van der Waals surface area contributed by atoms with E-state index in [9.17, 15) is 14.3 Å². The fourth-order valence-electron chi connectivity index (χ4n) is 0.682. The molecular weight excluding hydrogens is 188 g/mol. The van der Waals surface area contributed by atoms with Gasteiger partial charge in [0.05, 0.1) is 12.0 Å². The first-order valence-corrected chi connectivity index (χ1v) is 3.22. The van der Waals surface area contributed by atoms with Crippen molar-refractivity contribution in [1.29, 1.82) is 0 Å². The third kappa shape index (κ3) is 7.36. The van der Waals surface area contributed by atoms with Crippen LogP contribution in [0.2, 0.25) is 0 Å². The number of nitrogens with zero attached hydrogens (tertiary/aromatic N) is 1. The predicted octanol–water partition coefficient (Wildman–Crippen LogP) is -3.05. The van der Waals surface area contributed by atoms with Crippen molar-refractivity contribution in [2.45, 2.75) is 32.0 Å². The number of carbonyl (C=O) groups excluding carboxylic acids is 1. The number of rotatable bonds is 4. The minimum absolute atomic E-state index is 0. The number of hydrogen-bond donors (Lipinski definition) is 0. The maximum atomic E-state index is 12.8. The van der Waals surface area contributed by atoms with Crippen LogP contribution in [0.5, 0.6) is 0 Å². The predicted molar refractivity (Wildman–Crippen MR) is 38.1 cm³/mol. The van der Waals surface area contributed by atoms with Gasteiger partial charge in [-0.25, -0.2) is 4.39 Å². The fraction of sp³-hybridized carbons (Fsp3) is 0.714. The molecule has 0 rings (SSSR count). The van der Waals surface area contributed by atoms with Crippen molar-refractivity contribution in [3.05, 3.63) is 0 Å². The van der Waals surface area contributed by atoms with E-state index >= 15 is 0 Å². The minimum Gasteiger partial charge on any atom is -0.548 e. The molecule has 0 amide bonds. The molecule has 1 atom stereocenters. The molecule has 0 saturated heterocycles. The molecule has 0 radical (unpaired) electrons. The second kappa shape index (κ2) is 6.20.